The summed E-state index contributed by atoms with van der Waals surface area (Å²) in [7, 11) is 0. The van der Waals surface area contributed by atoms with Crippen LogP contribution in [0.2, 0.25) is 0 Å². The van der Waals surface area contributed by atoms with Crippen LogP contribution >= 0.6 is 0 Å². The van der Waals surface area contributed by atoms with Crippen molar-refractivity contribution in [3.63, 3.8) is 0 Å². The van der Waals surface area contributed by atoms with Crippen LogP contribution in [0.1, 0.15) is 38.5 Å². The Kier molecular flexibility index (Phi) is 3.34. The van der Waals surface area contributed by atoms with E-state index in [2.05, 4.69) is 15.5 Å². The number of nitrogens with zero attached hydrogens (tertiary/aromatic N) is 1. The van der Waals surface area contributed by atoms with Crippen molar-refractivity contribution in [2.24, 2.45) is 0 Å². The summed E-state index contributed by atoms with van der Waals surface area (Å²) in [4.78, 5) is 14.6. The van der Waals surface area contributed by atoms with Crippen molar-refractivity contribution in [2.75, 3.05) is 19.6 Å². The average molecular weight is 237 g/mol. The van der Waals surface area contributed by atoms with E-state index in [0.29, 0.717) is 6.04 Å². The Morgan fingerprint density at radius 3 is 2.76 bits per heavy atom. The van der Waals surface area contributed by atoms with Crippen LogP contribution in [0.5, 0.6) is 0 Å². The minimum absolute atomic E-state index is 0.0753. The molecule has 1 unspecified atom stereocenters. The minimum Gasteiger partial charge on any atom is -0.351 e. The first kappa shape index (κ1) is 11.5. The lowest BCUT2D eigenvalue weighted by molar-refractivity contribution is -0.123. The molecule has 17 heavy (non-hydrogen) atoms. The highest BCUT2D eigenvalue weighted by Gasteiger charge is 2.33. The summed E-state index contributed by atoms with van der Waals surface area (Å²) in [6, 6.07) is 1.30. The van der Waals surface area contributed by atoms with Crippen molar-refractivity contribution in [3.8, 4) is 0 Å². The molecule has 2 atom stereocenters. The molecule has 2 heterocycles. The lowest BCUT2D eigenvalue weighted by atomic mass is 10.0. The lowest BCUT2D eigenvalue weighted by Crippen LogP contribution is -2.52. The summed E-state index contributed by atoms with van der Waals surface area (Å²) in [6.07, 6.45) is 7.26. The van der Waals surface area contributed by atoms with Gasteiger partial charge in [-0.15, -0.1) is 0 Å². The van der Waals surface area contributed by atoms with Crippen LogP contribution in [0.4, 0.5) is 0 Å². The van der Waals surface area contributed by atoms with Crippen LogP contribution in [-0.4, -0.2) is 48.6 Å². The predicted molar refractivity (Wildman–Crippen MR) is 66.8 cm³/mol. The molecule has 1 amide bonds. The van der Waals surface area contributed by atoms with Crippen LogP contribution in [0.15, 0.2) is 0 Å². The Morgan fingerprint density at radius 2 is 2.06 bits per heavy atom. The van der Waals surface area contributed by atoms with E-state index in [-0.39, 0.29) is 11.9 Å². The Balaban J connectivity index is 1.48. The molecule has 1 aliphatic carbocycles. The van der Waals surface area contributed by atoms with Gasteiger partial charge in [0.2, 0.25) is 5.91 Å². The molecule has 0 aromatic heterocycles. The summed E-state index contributed by atoms with van der Waals surface area (Å²) >= 11 is 0. The Bertz CT molecular complexity index is 284. The quantitative estimate of drug-likeness (QED) is 0.750. The maximum absolute atomic E-state index is 12.0. The highest BCUT2D eigenvalue weighted by atomic mass is 16.2. The van der Waals surface area contributed by atoms with E-state index in [1.165, 1.54) is 25.8 Å². The van der Waals surface area contributed by atoms with Gasteiger partial charge < -0.3 is 10.6 Å². The zero-order chi connectivity index (χ0) is 11.7. The van der Waals surface area contributed by atoms with E-state index in [0.717, 1.165) is 38.4 Å². The van der Waals surface area contributed by atoms with Gasteiger partial charge in [-0.3, -0.25) is 9.69 Å². The fraction of sp³-hybridized carbons (Fsp3) is 0.923. The molecule has 2 aliphatic heterocycles. The Morgan fingerprint density at radius 1 is 1.18 bits per heavy atom. The number of amides is 1. The van der Waals surface area contributed by atoms with Crippen molar-refractivity contribution < 1.29 is 4.79 Å². The van der Waals surface area contributed by atoms with Crippen LogP contribution < -0.4 is 10.6 Å². The van der Waals surface area contributed by atoms with Gasteiger partial charge in [0.1, 0.15) is 0 Å². The van der Waals surface area contributed by atoms with E-state index in [9.17, 15) is 4.79 Å². The Hall–Kier alpha value is -0.610. The Labute approximate surface area is 103 Å². The molecule has 0 bridgehead atoms. The summed E-state index contributed by atoms with van der Waals surface area (Å²) in [6.45, 7) is 3.30. The highest BCUT2D eigenvalue weighted by Crippen LogP contribution is 2.29. The van der Waals surface area contributed by atoms with Crippen molar-refractivity contribution in [1.29, 1.82) is 0 Å². The second kappa shape index (κ2) is 4.94. The molecule has 3 fully saturated rings. The predicted octanol–water partition coefficient (Wildman–Crippen LogP) is 0.481. The monoisotopic (exact) mass is 237 g/mol. The third-order valence-electron chi connectivity index (χ3n) is 4.24. The van der Waals surface area contributed by atoms with E-state index < -0.39 is 0 Å². The van der Waals surface area contributed by atoms with E-state index in [1.54, 1.807) is 0 Å². The molecule has 4 nitrogen and oxygen atoms in total. The molecule has 3 aliphatic rings. The molecule has 2 N–H and O–H groups in total. The average Bonchev–Trinajstić information content (AvgIpc) is 3.04. The van der Waals surface area contributed by atoms with Gasteiger partial charge in [-0.05, 0) is 51.6 Å². The summed E-state index contributed by atoms with van der Waals surface area (Å²) in [5.74, 6) is 0.227. The van der Waals surface area contributed by atoms with Gasteiger partial charge in [0.15, 0.2) is 0 Å². The molecule has 0 aromatic carbocycles. The van der Waals surface area contributed by atoms with Gasteiger partial charge in [0.05, 0.1) is 6.04 Å². The minimum atomic E-state index is 0.0753. The lowest BCUT2D eigenvalue weighted by Gasteiger charge is -2.33. The molecule has 0 radical (unpaired) electrons. The fourth-order valence-electron chi connectivity index (χ4n) is 3.11. The van der Waals surface area contributed by atoms with Crippen molar-refractivity contribution in [2.45, 2.75) is 56.7 Å². The molecular formula is C13H23N3O. The number of piperidine rings is 1. The normalized spacial score (nSPS) is 34.8. The largest absolute Gasteiger partial charge is 0.351 e. The van der Waals surface area contributed by atoms with Crippen molar-refractivity contribution in [1.82, 2.24) is 15.5 Å². The summed E-state index contributed by atoms with van der Waals surface area (Å²) in [5, 5.41) is 6.50. The zero-order valence-corrected chi connectivity index (χ0v) is 10.5. The van der Waals surface area contributed by atoms with Crippen LogP contribution in [0, 0.1) is 0 Å². The first-order valence-corrected chi connectivity index (χ1v) is 7.11. The maximum Gasteiger partial charge on any atom is 0.237 e. The second-order valence-electron chi connectivity index (χ2n) is 5.72. The standard InChI is InChI=1S/C13H23N3O/c17-13(12-4-1-7-14-12)15-10-3-2-8-16(9-10)11-5-6-11/h10-12,14H,1-9H2,(H,15,17)/t10-,12?/m1/s1. The zero-order valence-electron chi connectivity index (χ0n) is 10.5. The number of nitrogens with one attached hydrogen (secondary N) is 2. The molecule has 96 valence electrons. The molecule has 0 spiro atoms. The number of hydrogen-bond acceptors (Lipinski definition) is 3. The van der Waals surface area contributed by atoms with Crippen molar-refractivity contribution in [3.05, 3.63) is 0 Å². The third-order valence-corrected chi connectivity index (χ3v) is 4.24. The van der Waals surface area contributed by atoms with Gasteiger partial charge in [0.25, 0.3) is 0 Å². The molecule has 0 aromatic rings. The first-order valence-electron chi connectivity index (χ1n) is 7.11. The number of carbonyl (C=O) groups excluding carboxylic acids is 1. The second-order valence-corrected chi connectivity index (χ2v) is 5.72. The van der Waals surface area contributed by atoms with Gasteiger partial charge >= 0.3 is 0 Å². The number of carbonyl (C=O) groups is 1. The fourth-order valence-corrected chi connectivity index (χ4v) is 3.11. The molecule has 3 rings (SSSR count). The van der Waals surface area contributed by atoms with Crippen molar-refractivity contribution >= 4 is 5.91 Å². The molecule has 2 saturated heterocycles. The topological polar surface area (TPSA) is 44.4 Å². The molecule has 1 saturated carbocycles. The third kappa shape index (κ3) is 2.80. The van der Waals surface area contributed by atoms with Gasteiger partial charge in [-0.25, -0.2) is 0 Å². The smallest absolute Gasteiger partial charge is 0.237 e. The summed E-state index contributed by atoms with van der Waals surface area (Å²) < 4.78 is 0. The van der Waals surface area contributed by atoms with Gasteiger partial charge in [-0.2, -0.15) is 0 Å². The number of likely N-dealkylation sites (tertiary alicyclic amines) is 1. The van der Waals surface area contributed by atoms with Crippen LogP contribution in [-0.2, 0) is 4.79 Å². The van der Waals surface area contributed by atoms with E-state index in [1.807, 2.05) is 0 Å². The van der Waals surface area contributed by atoms with E-state index in [4.69, 9.17) is 0 Å². The molecule has 4 heteroatoms. The summed E-state index contributed by atoms with van der Waals surface area (Å²) in [5.41, 5.74) is 0. The molecular weight excluding hydrogens is 214 g/mol. The highest BCUT2D eigenvalue weighted by molar-refractivity contribution is 5.82. The van der Waals surface area contributed by atoms with Gasteiger partial charge in [0, 0.05) is 18.6 Å². The maximum atomic E-state index is 12.0. The first-order chi connectivity index (χ1) is 8.33. The van der Waals surface area contributed by atoms with Crippen LogP contribution in [0.3, 0.4) is 0 Å². The van der Waals surface area contributed by atoms with Gasteiger partial charge in [-0.1, -0.05) is 0 Å². The van der Waals surface area contributed by atoms with E-state index >= 15 is 0 Å². The SMILES string of the molecule is O=C(N[C@@H]1CCCN(C2CC2)C1)C1CCCN1. The van der Waals surface area contributed by atoms with Crippen LogP contribution in [0.25, 0.3) is 0 Å². The number of hydrogen-bond donors (Lipinski definition) is 2. The number of rotatable bonds is 3.